The number of ketones is 1. The Kier molecular flexibility index (Phi) is 5.62. The van der Waals surface area contributed by atoms with E-state index in [1.165, 1.54) is 5.69 Å². The smallest absolute Gasteiger partial charge is 0.149 e. The van der Waals surface area contributed by atoms with E-state index in [-0.39, 0.29) is 5.92 Å². The zero-order valence-electron chi connectivity index (χ0n) is 13.3. The van der Waals surface area contributed by atoms with E-state index in [2.05, 4.69) is 28.9 Å². The Labute approximate surface area is 127 Å². The fourth-order valence-electron chi connectivity index (χ4n) is 2.56. The van der Waals surface area contributed by atoms with Crippen LogP contribution in [-0.4, -0.2) is 50.5 Å². The number of hydrogen-bond donors (Lipinski definition) is 0. The van der Waals surface area contributed by atoms with Gasteiger partial charge in [0.15, 0.2) is 0 Å². The van der Waals surface area contributed by atoms with Gasteiger partial charge < -0.3 is 9.64 Å². The molecule has 0 N–H and O–H groups in total. The summed E-state index contributed by atoms with van der Waals surface area (Å²) in [5.41, 5.74) is 1.23. The van der Waals surface area contributed by atoms with Crippen LogP contribution in [0.5, 0.6) is 5.75 Å². The van der Waals surface area contributed by atoms with Crippen LogP contribution in [0.3, 0.4) is 0 Å². The van der Waals surface area contributed by atoms with Gasteiger partial charge in [0.1, 0.15) is 11.5 Å². The second kappa shape index (κ2) is 7.46. The average molecular weight is 290 g/mol. The lowest BCUT2D eigenvalue weighted by atomic mass is 10.0. The molecule has 1 unspecified atom stereocenters. The normalized spacial score (nSPS) is 17.6. The molecule has 0 amide bonds. The van der Waals surface area contributed by atoms with Crippen molar-refractivity contribution in [2.45, 2.75) is 20.3 Å². The molecule has 0 aromatic heterocycles. The second-order valence-corrected chi connectivity index (χ2v) is 5.74. The molecule has 0 spiro atoms. The largest absolute Gasteiger partial charge is 0.497 e. The van der Waals surface area contributed by atoms with Gasteiger partial charge in [-0.15, -0.1) is 0 Å². The average Bonchev–Trinajstić information content (AvgIpc) is 2.55. The fraction of sp³-hybridized carbons (Fsp3) is 0.588. The van der Waals surface area contributed by atoms with Crippen molar-refractivity contribution in [3.05, 3.63) is 24.3 Å². The van der Waals surface area contributed by atoms with Crippen molar-refractivity contribution in [2.75, 3.05) is 44.7 Å². The summed E-state index contributed by atoms with van der Waals surface area (Å²) in [5.74, 6) is 1.44. The minimum absolute atomic E-state index is 0.185. The Morgan fingerprint density at radius 1 is 1.19 bits per heavy atom. The van der Waals surface area contributed by atoms with Crippen LogP contribution in [0.4, 0.5) is 5.69 Å². The molecule has 21 heavy (non-hydrogen) atoms. The molecule has 1 saturated heterocycles. The predicted octanol–water partition coefficient (Wildman–Crippen LogP) is 2.43. The molecule has 1 aliphatic heterocycles. The van der Waals surface area contributed by atoms with Gasteiger partial charge in [-0.3, -0.25) is 9.69 Å². The van der Waals surface area contributed by atoms with E-state index < -0.39 is 0 Å². The minimum atomic E-state index is 0.185. The number of carbonyl (C=O) groups excluding carboxylic acids is 1. The number of rotatable bonds is 6. The molecule has 1 aliphatic rings. The first-order valence-corrected chi connectivity index (χ1v) is 7.78. The third-order valence-corrected chi connectivity index (χ3v) is 4.35. The van der Waals surface area contributed by atoms with Gasteiger partial charge in [0, 0.05) is 37.8 Å². The quantitative estimate of drug-likeness (QED) is 0.805. The highest BCUT2D eigenvalue weighted by Gasteiger charge is 2.21. The van der Waals surface area contributed by atoms with Crippen LogP contribution in [0, 0.1) is 5.92 Å². The monoisotopic (exact) mass is 290 g/mol. The maximum atomic E-state index is 12.0. The number of piperazine rings is 1. The zero-order chi connectivity index (χ0) is 15.2. The Balaban J connectivity index is 1.83. The van der Waals surface area contributed by atoms with E-state index in [0.717, 1.165) is 38.3 Å². The summed E-state index contributed by atoms with van der Waals surface area (Å²) >= 11 is 0. The summed E-state index contributed by atoms with van der Waals surface area (Å²) < 4.78 is 5.19. The number of ether oxygens (including phenoxy) is 1. The van der Waals surface area contributed by atoms with Crippen molar-refractivity contribution in [3.8, 4) is 5.75 Å². The first-order chi connectivity index (χ1) is 10.1. The molecule has 1 aromatic carbocycles. The lowest BCUT2D eigenvalue weighted by Gasteiger charge is -2.36. The summed E-state index contributed by atoms with van der Waals surface area (Å²) in [4.78, 5) is 16.6. The summed E-state index contributed by atoms with van der Waals surface area (Å²) in [7, 11) is 1.68. The van der Waals surface area contributed by atoms with Crippen molar-refractivity contribution >= 4 is 11.5 Å². The Morgan fingerprint density at radius 2 is 1.81 bits per heavy atom. The molecule has 116 valence electrons. The highest BCUT2D eigenvalue weighted by Crippen LogP contribution is 2.20. The molecule has 0 saturated carbocycles. The molecule has 4 heteroatoms. The van der Waals surface area contributed by atoms with Gasteiger partial charge in [-0.25, -0.2) is 0 Å². The summed E-state index contributed by atoms with van der Waals surface area (Å²) in [6, 6.07) is 8.18. The lowest BCUT2D eigenvalue weighted by molar-refractivity contribution is -0.123. The number of methoxy groups -OCH3 is 1. The van der Waals surface area contributed by atoms with Gasteiger partial charge in [-0.05, 0) is 30.7 Å². The predicted molar refractivity (Wildman–Crippen MR) is 86.1 cm³/mol. The van der Waals surface area contributed by atoms with E-state index in [9.17, 15) is 4.79 Å². The molecule has 1 aromatic rings. The van der Waals surface area contributed by atoms with Gasteiger partial charge in [-0.2, -0.15) is 0 Å². The number of benzene rings is 1. The third-order valence-electron chi connectivity index (χ3n) is 4.35. The summed E-state index contributed by atoms with van der Waals surface area (Å²) in [6.07, 6.45) is 0.935. The number of carbonyl (C=O) groups is 1. The van der Waals surface area contributed by atoms with Crippen LogP contribution in [-0.2, 0) is 4.79 Å². The number of Topliss-reactive ketones (excluding diaryl/α,β-unsaturated/α-hetero) is 1. The number of hydrogen-bond acceptors (Lipinski definition) is 4. The molecule has 2 rings (SSSR count). The minimum Gasteiger partial charge on any atom is -0.497 e. The fourth-order valence-corrected chi connectivity index (χ4v) is 2.56. The SMILES string of the molecule is CCC(C)C(=O)CN1CCN(c2ccc(OC)cc2)CC1. The molecular weight excluding hydrogens is 264 g/mol. The van der Waals surface area contributed by atoms with E-state index in [0.29, 0.717) is 12.3 Å². The molecule has 4 nitrogen and oxygen atoms in total. The highest BCUT2D eigenvalue weighted by molar-refractivity contribution is 5.82. The van der Waals surface area contributed by atoms with Crippen LogP contribution in [0.25, 0.3) is 0 Å². The van der Waals surface area contributed by atoms with Crippen molar-refractivity contribution in [3.63, 3.8) is 0 Å². The van der Waals surface area contributed by atoms with Gasteiger partial charge in [0.05, 0.1) is 13.7 Å². The van der Waals surface area contributed by atoms with Crippen LogP contribution >= 0.6 is 0 Å². The van der Waals surface area contributed by atoms with E-state index in [4.69, 9.17) is 4.74 Å². The van der Waals surface area contributed by atoms with Gasteiger partial charge >= 0.3 is 0 Å². The highest BCUT2D eigenvalue weighted by atomic mass is 16.5. The van der Waals surface area contributed by atoms with E-state index >= 15 is 0 Å². The molecule has 1 atom stereocenters. The summed E-state index contributed by atoms with van der Waals surface area (Å²) in [5, 5.41) is 0. The third kappa shape index (κ3) is 4.21. The first kappa shape index (κ1) is 15.8. The number of anilines is 1. The van der Waals surface area contributed by atoms with Crippen LogP contribution < -0.4 is 9.64 Å². The topological polar surface area (TPSA) is 32.8 Å². The van der Waals surface area contributed by atoms with Crippen molar-refractivity contribution < 1.29 is 9.53 Å². The standard InChI is InChI=1S/C17H26N2O2/c1-4-14(2)17(20)13-18-9-11-19(12-10-18)15-5-7-16(21-3)8-6-15/h5-8,14H,4,9-13H2,1-3H3. The van der Waals surface area contributed by atoms with Crippen molar-refractivity contribution in [1.29, 1.82) is 0 Å². The second-order valence-electron chi connectivity index (χ2n) is 5.74. The molecule has 0 aliphatic carbocycles. The molecule has 1 heterocycles. The zero-order valence-corrected chi connectivity index (χ0v) is 13.3. The van der Waals surface area contributed by atoms with Gasteiger partial charge in [0.25, 0.3) is 0 Å². The number of nitrogens with zero attached hydrogens (tertiary/aromatic N) is 2. The van der Waals surface area contributed by atoms with Gasteiger partial charge in [-0.1, -0.05) is 13.8 Å². The van der Waals surface area contributed by atoms with Crippen molar-refractivity contribution in [2.24, 2.45) is 5.92 Å². The Hall–Kier alpha value is -1.55. The maximum absolute atomic E-state index is 12.0. The first-order valence-electron chi connectivity index (χ1n) is 7.78. The van der Waals surface area contributed by atoms with Gasteiger partial charge in [0.2, 0.25) is 0 Å². The van der Waals surface area contributed by atoms with E-state index in [1.807, 2.05) is 19.1 Å². The van der Waals surface area contributed by atoms with Crippen LogP contribution in [0.15, 0.2) is 24.3 Å². The maximum Gasteiger partial charge on any atom is 0.149 e. The molecule has 0 bridgehead atoms. The Morgan fingerprint density at radius 3 is 2.33 bits per heavy atom. The molecular formula is C17H26N2O2. The Bertz CT molecular complexity index is 450. The molecule has 1 fully saturated rings. The van der Waals surface area contributed by atoms with Crippen LogP contribution in [0.1, 0.15) is 20.3 Å². The molecule has 0 radical (unpaired) electrons. The van der Waals surface area contributed by atoms with Crippen molar-refractivity contribution in [1.82, 2.24) is 4.90 Å². The van der Waals surface area contributed by atoms with Crippen LogP contribution in [0.2, 0.25) is 0 Å². The lowest BCUT2D eigenvalue weighted by Crippen LogP contribution is -2.48. The van der Waals surface area contributed by atoms with E-state index in [1.54, 1.807) is 7.11 Å². The summed E-state index contributed by atoms with van der Waals surface area (Å²) in [6.45, 7) is 8.55.